The molecule has 4 atom stereocenters. The summed E-state index contributed by atoms with van der Waals surface area (Å²) >= 11 is 0. The highest BCUT2D eigenvalue weighted by molar-refractivity contribution is 6.03. The number of ether oxygens (including phenoxy) is 2. The molecule has 0 aliphatic carbocycles. The molecule has 12 nitrogen and oxygen atoms in total. The third kappa shape index (κ3) is 15.2. The van der Waals surface area contributed by atoms with Gasteiger partial charge in [-0.15, -0.1) is 0 Å². The molecule has 1 aromatic rings. The largest absolute Gasteiger partial charge is 0.461 e. The fourth-order valence-electron chi connectivity index (χ4n) is 5.98. The number of unbranched alkanes of at least 4 members (excludes halogenated alkanes) is 2. The second kappa shape index (κ2) is 22.5. The SMILES string of the molecule is CC.CC(=O)OCc1ccc(NC(=O)C(CCCN2CCOCC2)NC(=O)C(NC(CCCCCN2C(=O)CC(C)C2=O)C(F)(F)F)C(C)C)cc1. The topological polar surface area (TPSA) is 146 Å². The molecule has 15 heteroatoms. The first kappa shape index (κ1) is 44.6. The Kier molecular flexibility index (Phi) is 19.3. The highest BCUT2D eigenvalue weighted by atomic mass is 19.4. The summed E-state index contributed by atoms with van der Waals surface area (Å²) in [7, 11) is 0. The zero-order chi connectivity index (χ0) is 38.8. The number of hydrogen-bond donors (Lipinski definition) is 3. The van der Waals surface area contributed by atoms with Crippen molar-refractivity contribution in [2.45, 2.75) is 117 Å². The van der Waals surface area contributed by atoms with Crippen molar-refractivity contribution in [2.75, 3.05) is 44.7 Å². The van der Waals surface area contributed by atoms with Crippen molar-refractivity contribution < 1.29 is 46.6 Å². The van der Waals surface area contributed by atoms with Gasteiger partial charge < -0.3 is 20.1 Å². The molecule has 1 aromatic carbocycles. The highest BCUT2D eigenvalue weighted by Crippen LogP contribution is 2.26. The Balaban J connectivity index is 0.00000460. The Morgan fingerprint density at radius 2 is 1.60 bits per heavy atom. The van der Waals surface area contributed by atoms with Gasteiger partial charge in [0.25, 0.3) is 0 Å². The van der Waals surface area contributed by atoms with Crippen LogP contribution < -0.4 is 16.0 Å². The second-order valence-electron chi connectivity index (χ2n) is 13.4. The molecule has 52 heavy (non-hydrogen) atoms. The summed E-state index contributed by atoms with van der Waals surface area (Å²) in [5.41, 5.74) is 1.16. The number of nitrogens with one attached hydrogen (secondary N) is 3. The lowest BCUT2D eigenvalue weighted by molar-refractivity contribution is -0.161. The minimum atomic E-state index is -4.64. The highest BCUT2D eigenvalue weighted by Gasteiger charge is 2.42. The minimum Gasteiger partial charge on any atom is -0.461 e. The zero-order valence-corrected chi connectivity index (χ0v) is 31.5. The number of likely N-dealkylation sites (tertiary alicyclic amines) is 1. The van der Waals surface area contributed by atoms with E-state index in [2.05, 4.69) is 20.9 Å². The van der Waals surface area contributed by atoms with Gasteiger partial charge in [0, 0.05) is 44.6 Å². The normalized spacial score (nSPS) is 18.3. The first-order valence-electron chi connectivity index (χ1n) is 18.5. The molecule has 294 valence electrons. The molecule has 0 spiro atoms. The van der Waals surface area contributed by atoms with Crippen LogP contribution in [0.1, 0.15) is 92.1 Å². The maximum absolute atomic E-state index is 14.2. The standard InChI is InChI=1S/C35H52F3N5O7.C2H6/c1-23(2)31(41-29(35(36,37)38)10-6-5-7-16-43-30(45)21-24(3)34(43)48)33(47)40-28(9-8-15-42-17-19-49-20-18-42)32(46)39-27-13-11-26(12-14-27)22-50-25(4)44;1-2/h11-14,23-24,28-29,31,41H,5-10,15-22H2,1-4H3,(H,39,46)(H,40,47);1-2H3. The lowest BCUT2D eigenvalue weighted by Gasteiger charge is -2.31. The number of esters is 1. The van der Waals surface area contributed by atoms with Crippen LogP contribution in [0.2, 0.25) is 0 Å². The Morgan fingerprint density at radius 3 is 2.15 bits per heavy atom. The van der Waals surface area contributed by atoms with Crippen molar-refractivity contribution in [3.8, 4) is 0 Å². The summed E-state index contributed by atoms with van der Waals surface area (Å²) < 4.78 is 53.0. The number of hydrogen-bond acceptors (Lipinski definition) is 9. The molecular weight excluding hydrogens is 683 g/mol. The van der Waals surface area contributed by atoms with Gasteiger partial charge in [0.2, 0.25) is 23.6 Å². The van der Waals surface area contributed by atoms with Crippen LogP contribution in [0.25, 0.3) is 0 Å². The van der Waals surface area contributed by atoms with Crippen molar-refractivity contribution >= 4 is 35.3 Å². The molecule has 2 aliphatic rings. The lowest BCUT2D eigenvalue weighted by atomic mass is 9.99. The smallest absolute Gasteiger partial charge is 0.403 e. The van der Waals surface area contributed by atoms with E-state index in [0.29, 0.717) is 50.3 Å². The third-order valence-electron chi connectivity index (χ3n) is 8.94. The molecule has 2 fully saturated rings. The second-order valence-corrected chi connectivity index (χ2v) is 13.4. The monoisotopic (exact) mass is 741 g/mol. The van der Waals surface area contributed by atoms with E-state index in [0.717, 1.165) is 13.1 Å². The number of halogens is 3. The van der Waals surface area contributed by atoms with Gasteiger partial charge in [-0.1, -0.05) is 59.6 Å². The molecule has 2 heterocycles. The van der Waals surface area contributed by atoms with E-state index in [-0.39, 0.29) is 56.6 Å². The molecule has 4 amide bonds. The number of carbonyl (C=O) groups excluding carboxylic acids is 5. The van der Waals surface area contributed by atoms with E-state index in [1.54, 1.807) is 45.0 Å². The lowest BCUT2D eigenvalue weighted by Crippen LogP contribution is -2.58. The van der Waals surface area contributed by atoms with Crippen LogP contribution in [0, 0.1) is 11.8 Å². The van der Waals surface area contributed by atoms with E-state index in [1.807, 2.05) is 13.8 Å². The van der Waals surface area contributed by atoms with Crippen LogP contribution in [-0.4, -0.2) is 103 Å². The van der Waals surface area contributed by atoms with Crippen LogP contribution in [0.3, 0.4) is 0 Å². The molecule has 0 aromatic heterocycles. The quantitative estimate of drug-likeness (QED) is 0.103. The summed E-state index contributed by atoms with van der Waals surface area (Å²) in [6.07, 6.45) is -3.05. The van der Waals surface area contributed by atoms with Crippen LogP contribution >= 0.6 is 0 Å². The third-order valence-corrected chi connectivity index (χ3v) is 8.94. The summed E-state index contributed by atoms with van der Waals surface area (Å²) in [5, 5.41) is 8.04. The van der Waals surface area contributed by atoms with Crippen molar-refractivity contribution in [1.82, 2.24) is 20.4 Å². The predicted molar refractivity (Wildman–Crippen MR) is 191 cm³/mol. The fourth-order valence-corrected chi connectivity index (χ4v) is 5.98. The Labute approximate surface area is 305 Å². The molecule has 2 saturated heterocycles. The van der Waals surface area contributed by atoms with Gasteiger partial charge in [0.05, 0.1) is 19.3 Å². The van der Waals surface area contributed by atoms with Gasteiger partial charge in [-0.3, -0.25) is 39.1 Å². The minimum absolute atomic E-state index is 0.0756. The van der Waals surface area contributed by atoms with Crippen LogP contribution in [0.4, 0.5) is 18.9 Å². The van der Waals surface area contributed by atoms with Gasteiger partial charge >= 0.3 is 12.1 Å². The number of rotatable bonds is 19. The first-order chi connectivity index (χ1) is 24.6. The Bertz CT molecular complexity index is 1290. The van der Waals surface area contributed by atoms with Crippen molar-refractivity contribution in [2.24, 2.45) is 11.8 Å². The van der Waals surface area contributed by atoms with Gasteiger partial charge in [0.1, 0.15) is 18.7 Å². The maximum atomic E-state index is 14.2. The van der Waals surface area contributed by atoms with E-state index < -0.39 is 48.0 Å². The van der Waals surface area contributed by atoms with Crippen molar-refractivity contribution in [1.29, 1.82) is 0 Å². The molecule has 2 aliphatic heterocycles. The fraction of sp³-hybridized carbons (Fsp3) is 0.703. The Hall–Kier alpha value is -3.56. The molecular formula is C37H58F3N5O7. The first-order valence-corrected chi connectivity index (χ1v) is 18.5. The van der Waals surface area contributed by atoms with E-state index in [9.17, 15) is 37.1 Å². The average molecular weight is 742 g/mol. The predicted octanol–water partition coefficient (Wildman–Crippen LogP) is 4.81. The molecule has 0 bridgehead atoms. The maximum Gasteiger partial charge on any atom is 0.403 e. The van der Waals surface area contributed by atoms with Crippen LogP contribution in [-0.2, 0) is 40.1 Å². The number of imide groups is 1. The number of nitrogens with zero attached hydrogens (tertiary/aromatic N) is 2. The summed E-state index contributed by atoms with van der Waals surface area (Å²) in [6.45, 7) is 13.9. The summed E-state index contributed by atoms with van der Waals surface area (Å²) in [6, 6.07) is 2.41. The van der Waals surface area contributed by atoms with Crippen LogP contribution in [0.15, 0.2) is 24.3 Å². The Morgan fingerprint density at radius 1 is 0.942 bits per heavy atom. The molecule has 0 saturated carbocycles. The molecule has 4 unspecified atom stereocenters. The number of amides is 4. The number of alkyl halides is 3. The van der Waals surface area contributed by atoms with Crippen molar-refractivity contribution in [3.05, 3.63) is 29.8 Å². The van der Waals surface area contributed by atoms with Gasteiger partial charge in [-0.05, 0) is 55.8 Å². The van der Waals surface area contributed by atoms with E-state index in [4.69, 9.17) is 9.47 Å². The summed E-state index contributed by atoms with van der Waals surface area (Å²) in [5.74, 6) is -3.06. The number of anilines is 1. The van der Waals surface area contributed by atoms with E-state index >= 15 is 0 Å². The number of benzene rings is 1. The molecule has 3 rings (SSSR count). The summed E-state index contributed by atoms with van der Waals surface area (Å²) in [4.78, 5) is 65.7. The van der Waals surface area contributed by atoms with Crippen molar-refractivity contribution in [3.63, 3.8) is 0 Å². The zero-order valence-electron chi connectivity index (χ0n) is 31.5. The number of morpholine rings is 1. The average Bonchev–Trinajstić information content (AvgIpc) is 3.34. The van der Waals surface area contributed by atoms with E-state index in [1.165, 1.54) is 11.8 Å². The van der Waals surface area contributed by atoms with Gasteiger partial charge in [-0.2, -0.15) is 13.2 Å². The molecule has 3 N–H and O–H groups in total. The number of carbonyl (C=O) groups is 5. The van der Waals surface area contributed by atoms with Gasteiger partial charge in [-0.25, -0.2) is 0 Å². The van der Waals surface area contributed by atoms with Gasteiger partial charge in [0.15, 0.2) is 0 Å². The van der Waals surface area contributed by atoms with Crippen LogP contribution in [0.5, 0.6) is 0 Å². The molecule has 0 radical (unpaired) electrons.